The van der Waals surface area contributed by atoms with E-state index in [-0.39, 0.29) is 78.0 Å². The summed E-state index contributed by atoms with van der Waals surface area (Å²) in [5.41, 5.74) is 2.20. The topological polar surface area (TPSA) is 162 Å². The van der Waals surface area contributed by atoms with E-state index in [2.05, 4.69) is 4.90 Å². The molecule has 5 N–H and O–H groups in total. The number of anilines is 1. The Morgan fingerprint density at radius 3 is 1.87 bits per heavy atom. The van der Waals surface area contributed by atoms with Crippen molar-refractivity contribution in [1.82, 2.24) is 9.80 Å². The van der Waals surface area contributed by atoms with Gasteiger partial charge in [0, 0.05) is 129 Å². The summed E-state index contributed by atoms with van der Waals surface area (Å²) in [5.74, 6) is 1.10. The summed E-state index contributed by atoms with van der Waals surface area (Å²) in [4.78, 5) is 55.3. The molecule has 0 aromatic heterocycles. The Morgan fingerprint density at radius 1 is 0.897 bits per heavy atom. The van der Waals surface area contributed by atoms with E-state index in [1.165, 1.54) is 0 Å². The number of benzene rings is 1. The smallest absolute Gasteiger partial charge is 0.369 e. The average Bonchev–Trinajstić information content (AvgIpc) is 2.83. The van der Waals surface area contributed by atoms with Crippen LogP contribution >= 0.6 is 38.4 Å². The predicted molar refractivity (Wildman–Crippen MR) is 156 cm³/mol. The Labute approximate surface area is 284 Å². The zero-order chi connectivity index (χ0) is 27.7. The molecule has 1 aromatic carbocycles. The largest absolute Gasteiger partial charge is 0.369 e. The molecule has 1 aromatic rings. The summed E-state index contributed by atoms with van der Waals surface area (Å²) in [6.45, 7) is 3.76. The number of aliphatic hydroxyl groups is 1. The fourth-order valence-corrected chi connectivity index (χ4v) is 6.94. The van der Waals surface area contributed by atoms with Gasteiger partial charge in [0.1, 0.15) is 0 Å². The molecule has 0 saturated carbocycles. The molecular weight excluding hydrogens is 613 g/mol. The van der Waals surface area contributed by atoms with Crippen LogP contribution in [0.5, 0.6) is 0 Å². The molecule has 17 heteroatoms. The summed E-state index contributed by atoms with van der Waals surface area (Å²) in [5, 5.41) is 6.58. The monoisotopic (exact) mass is 649 g/mol. The van der Waals surface area contributed by atoms with Crippen molar-refractivity contribution >= 4 is 109 Å². The van der Waals surface area contributed by atoms with Crippen molar-refractivity contribution in [2.45, 2.75) is 37.2 Å². The van der Waals surface area contributed by atoms with Gasteiger partial charge in [-0.2, -0.15) is 0 Å². The minimum absolute atomic E-state index is 0. The summed E-state index contributed by atoms with van der Waals surface area (Å²) in [6.07, 6.45) is 1.16. The average molecular weight is 650 g/mol. The summed E-state index contributed by atoms with van der Waals surface area (Å²) in [6, 6.07) is 8.17. The molecule has 1 heterocycles. The molecule has 2 radical (unpaired) electrons. The minimum Gasteiger partial charge on any atom is -0.369 e. The molecule has 2 rings (SSSR count). The quantitative estimate of drug-likeness (QED) is 0.107. The maximum atomic E-state index is 12.6. The third-order valence-electron chi connectivity index (χ3n) is 6.51. The molecule has 0 aliphatic carbocycles. The zero-order valence-corrected chi connectivity index (χ0v) is 30.0. The number of aryl methyl sites for hydroxylation is 1. The molecule has 0 atom stereocenters. The van der Waals surface area contributed by atoms with Gasteiger partial charge in [0.15, 0.2) is 0 Å². The number of carbonyl (C=O) groups excluding carboxylic acids is 1. The van der Waals surface area contributed by atoms with E-state index in [4.69, 9.17) is 23.2 Å². The fourth-order valence-electron chi connectivity index (χ4n) is 4.27. The third kappa shape index (κ3) is 12.4. The number of nitrogens with zero attached hydrogens (tertiary/aromatic N) is 3. The third-order valence-corrected chi connectivity index (χ3v) is 10.7. The van der Waals surface area contributed by atoms with E-state index in [1.54, 1.807) is 4.90 Å². The Balaban J connectivity index is 0.00000722. The van der Waals surface area contributed by atoms with Crippen LogP contribution in [0.1, 0.15) is 31.2 Å². The maximum absolute atomic E-state index is 12.6. The molecular formula is C22H37Cl2N3Na2O8P2. The minimum atomic E-state index is -5.44. The van der Waals surface area contributed by atoms with Crippen molar-refractivity contribution in [1.29, 1.82) is 0 Å². The number of amides is 1. The number of carbonyl (C=O) groups is 1. The number of hydrogen-bond acceptors (Lipinski definition) is 6. The molecule has 214 valence electrons. The summed E-state index contributed by atoms with van der Waals surface area (Å²) < 4.78 is 22.9. The van der Waals surface area contributed by atoms with Gasteiger partial charge < -0.3 is 34.5 Å². The van der Waals surface area contributed by atoms with E-state index in [0.717, 1.165) is 37.2 Å². The van der Waals surface area contributed by atoms with Crippen LogP contribution < -0.4 is 4.90 Å². The molecule has 1 saturated heterocycles. The van der Waals surface area contributed by atoms with Crippen molar-refractivity contribution in [2.75, 3.05) is 62.5 Å². The summed E-state index contributed by atoms with van der Waals surface area (Å²) >= 11 is 11.7. The van der Waals surface area contributed by atoms with Crippen molar-refractivity contribution < 1.29 is 38.6 Å². The van der Waals surface area contributed by atoms with Gasteiger partial charge in [0.25, 0.3) is 5.08 Å². The molecule has 0 unspecified atom stereocenters. The van der Waals surface area contributed by atoms with Crippen LogP contribution in [0.4, 0.5) is 5.69 Å². The Bertz CT molecular complexity index is 935. The molecule has 1 amide bonds. The molecule has 39 heavy (non-hydrogen) atoms. The first-order chi connectivity index (χ1) is 17.3. The van der Waals surface area contributed by atoms with Gasteiger partial charge in [-0.1, -0.05) is 12.1 Å². The first kappa shape index (κ1) is 40.3. The van der Waals surface area contributed by atoms with E-state index < -0.39 is 26.7 Å². The van der Waals surface area contributed by atoms with E-state index >= 15 is 0 Å². The van der Waals surface area contributed by atoms with Crippen LogP contribution in [-0.4, -0.2) is 162 Å². The van der Waals surface area contributed by atoms with Gasteiger partial charge >= 0.3 is 15.2 Å². The Hall–Kier alpha value is 1.29. The normalized spacial score (nSPS) is 14.9. The van der Waals surface area contributed by atoms with Crippen LogP contribution in [0, 0.1) is 0 Å². The molecule has 1 fully saturated rings. The fraction of sp³-hybridized carbons (Fsp3) is 0.682. The van der Waals surface area contributed by atoms with Crippen LogP contribution in [0.2, 0.25) is 0 Å². The van der Waals surface area contributed by atoms with Crippen molar-refractivity contribution in [2.24, 2.45) is 0 Å². The molecule has 1 aliphatic heterocycles. The Kier molecular flexibility index (Phi) is 19.5. The van der Waals surface area contributed by atoms with E-state index in [1.807, 2.05) is 29.2 Å². The standard InChI is InChI=1S/C22H37Cl2N3O8P2.2Na/c23-10-13-26(14-11-24)20-7-5-19(6-8-20)3-1-4-21(28)27-17-15-25(16-18-27)12-2-9-22(29,36(30,31)32)37(33,34)35;;/h5-8,29H,1-4,9-18H2,(H2,30,31,32)(H2,33,34,35);;. The number of hydrogen-bond donors (Lipinski definition) is 5. The summed E-state index contributed by atoms with van der Waals surface area (Å²) in [7, 11) is -10.9. The van der Waals surface area contributed by atoms with E-state index in [9.17, 15) is 38.6 Å². The molecule has 1 aliphatic rings. The number of halogens is 2. The molecule has 0 spiro atoms. The van der Waals surface area contributed by atoms with Gasteiger partial charge in [0.2, 0.25) is 5.91 Å². The number of piperazine rings is 1. The van der Waals surface area contributed by atoms with Crippen LogP contribution in [0.3, 0.4) is 0 Å². The van der Waals surface area contributed by atoms with Gasteiger partial charge in [-0.25, -0.2) is 0 Å². The number of alkyl halides is 2. The second-order valence-corrected chi connectivity index (χ2v) is 13.8. The van der Waals surface area contributed by atoms with Gasteiger partial charge in [-0.05, 0) is 43.5 Å². The molecule has 11 nitrogen and oxygen atoms in total. The van der Waals surface area contributed by atoms with E-state index in [0.29, 0.717) is 44.4 Å². The van der Waals surface area contributed by atoms with Gasteiger partial charge in [0.05, 0.1) is 0 Å². The second-order valence-electron chi connectivity index (χ2n) is 9.07. The van der Waals surface area contributed by atoms with Gasteiger partial charge in [-0.3, -0.25) is 18.8 Å². The van der Waals surface area contributed by atoms with Crippen LogP contribution in [0.15, 0.2) is 24.3 Å². The molecule has 0 bridgehead atoms. The predicted octanol–water partition coefficient (Wildman–Crippen LogP) is 1.46. The first-order valence-electron chi connectivity index (χ1n) is 12.1. The van der Waals surface area contributed by atoms with Gasteiger partial charge in [-0.15, -0.1) is 23.2 Å². The Morgan fingerprint density at radius 2 is 1.41 bits per heavy atom. The SMILES string of the molecule is O=C(CCCc1ccc(N(CCCl)CCCl)cc1)N1CCN(CCCC(O)(P(=O)(O)O)P(=O)(O)O)CC1.[Na].[Na]. The number of rotatable bonds is 15. The zero-order valence-electron chi connectivity index (χ0n) is 22.7. The van der Waals surface area contributed by atoms with Crippen molar-refractivity contribution in [3.63, 3.8) is 0 Å². The second kappa shape index (κ2) is 18.8. The van der Waals surface area contributed by atoms with Crippen molar-refractivity contribution in [3.8, 4) is 0 Å². The first-order valence-corrected chi connectivity index (χ1v) is 16.4. The maximum Gasteiger partial charge on any atom is 0.369 e. The van der Waals surface area contributed by atoms with Crippen molar-refractivity contribution in [3.05, 3.63) is 29.8 Å². The van der Waals surface area contributed by atoms with Crippen LogP contribution in [-0.2, 0) is 20.3 Å². The van der Waals surface area contributed by atoms with Crippen LogP contribution in [0.25, 0.3) is 0 Å².